The highest BCUT2D eigenvalue weighted by molar-refractivity contribution is 5.89. The van der Waals surface area contributed by atoms with Crippen molar-refractivity contribution in [2.24, 2.45) is 5.16 Å². The molecule has 0 amide bonds. The highest BCUT2D eigenvalue weighted by Gasteiger charge is 2.28. The van der Waals surface area contributed by atoms with Crippen molar-refractivity contribution in [1.82, 2.24) is 4.90 Å². The lowest BCUT2D eigenvalue weighted by Crippen LogP contribution is -2.52. The number of hydrogen-bond acceptors (Lipinski definition) is 5. The van der Waals surface area contributed by atoms with Crippen LogP contribution < -0.4 is 9.64 Å². The summed E-state index contributed by atoms with van der Waals surface area (Å²) < 4.78 is 5.55. The highest BCUT2D eigenvalue weighted by Crippen LogP contribution is 2.29. The third-order valence-corrected chi connectivity index (χ3v) is 6.35. The zero-order valence-corrected chi connectivity index (χ0v) is 17.5. The molecule has 1 atom stereocenters. The molecule has 0 bridgehead atoms. The Kier molecular flexibility index (Phi) is 8.46. The molecule has 0 aromatic heterocycles. The highest BCUT2D eigenvalue weighted by atomic mass is 16.5. The lowest BCUT2D eigenvalue weighted by Gasteiger charge is -2.41. The van der Waals surface area contributed by atoms with Crippen molar-refractivity contribution in [1.29, 1.82) is 0 Å². The van der Waals surface area contributed by atoms with E-state index in [0.29, 0.717) is 6.04 Å². The summed E-state index contributed by atoms with van der Waals surface area (Å²) in [5, 5.41) is 13.5. The number of ether oxygens (including phenoxy) is 1. The fourth-order valence-electron chi connectivity index (χ4n) is 4.71. The van der Waals surface area contributed by atoms with Crippen LogP contribution in [-0.4, -0.2) is 55.1 Å². The largest absolute Gasteiger partial charge is 0.495 e. The van der Waals surface area contributed by atoms with Gasteiger partial charge in [-0.15, -0.1) is 0 Å². The lowest BCUT2D eigenvalue weighted by atomic mass is 9.95. The smallest absolute Gasteiger partial charge is 0.142 e. The van der Waals surface area contributed by atoms with Gasteiger partial charge in [0.05, 0.1) is 24.6 Å². The molecule has 0 radical (unpaired) electrons. The van der Waals surface area contributed by atoms with Crippen molar-refractivity contribution in [3.05, 3.63) is 24.3 Å². The Bertz CT molecular complexity index is 612. The minimum Gasteiger partial charge on any atom is -0.495 e. The number of benzene rings is 1. The van der Waals surface area contributed by atoms with Gasteiger partial charge in [-0.1, -0.05) is 62.2 Å². The van der Waals surface area contributed by atoms with Crippen LogP contribution in [-0.2, 0) is 0 Å². The number of rotatable bonds is 3. The van der Waals surface area contributed by atoms with Crippen LogP contribution in [0.1, 0.15) is 64.2 Å². The summed E-state index contributed by atoms with van der Waals surface area (Å²) in [5.41, 5.74) is 2.19. The first-order chi connectivity index (χ1) is 13.8. The number of hydrogen-bond donors (Lipinski definition) is 1. The maximum Gasteiger partial charge on any atom is 0.142 e. The third-order valence-electron chi connectivity index (χ3n) is 6.35. The number of methoxy groups -OCH3 is 1. The molecule has 28 heavy (non-hydrogen) atoms. The predicted molar refractivity (Wildman–Crippen MR) is 116 cm³/mol. The van der Waals surface area contributed by atoms with Crippen LogP contribution in [0.5, 0.6) is 5.75 Å². The van der Waals surface area contributed by atoms with Crippen LogP contribution in [0.15, 0.2) is 29.4 Å². The van der Waals surface area contributed by atoms with Crippen molar-refractivity contribution in [3.63, 3.8) is 0 Å². The molecule has 1 aliphatic heterocycles. The molecule has 1 aliphatic carbocycles. The average molecular weight is 388 g/mol. The van der Waals surface area contributed by atoms with Crippen molar-refractivity contribution in [2.75, 3.05) is 38.2 Å². The Morgan fingerprint density at radius 3 is 2.21 bits per heavy atom. The van der Waals surface area contributed by atoms with Gasteiger partial charge in [0.1, 0.15) is 5.75 Å². The topological polar surface area (TPSA) is 48.3 Å². The molecule has 1 aromatic rings. The van der Waals surface area contributed by atoms with Crippen LogP contribution in [0.3, 0.4) is 0 Å². The summed E-state index contributed by atoms with van der Waals surface area (Å²) in [6.45, 7) is 3.97. The van der Waals surface area contributed by atoms with Gasteiger partial charge < -0.3 is 14.8 Å². The molecule has 1 saturated carbocycles. The molecule has 1 aromatic carbocycles. The van der Waals surface area contributed by atoms with E-state index in [4.69, 9.17) is 4.74 Å². The summed E-state index contributed by atoms with van der Waals surface area (Å²) in [7, 11) is 1.74. The third kappa shape index (κ3) is 5.63. The maximum absolute atomic E-state index is 9.73. The van der Waals surface area contributed by atoms with Crippen molar-refractivity contribution in [2.45, 2.75) is 70.3 Å². The first-order valence-electron chi connectivity index (χ1n) is 11.2. The Labute approximate surface area is 170 Å². The van der Waals surface area contributed by atoms with Gasteiger partial charge in [0, 0.05) is 26.2 Å². The zero-order chi connectivity index (χ0) is 19.6. The number of nitrogens with zero attached hydrogens (tertiary/aromatic N) is 3. The second-order valence-corrected chi connectivity index (χ2v) is 8.17. The standard InChI is InChI=1S/C23H37N3O2/c1-28-23-15-11-10-14-22(23)26-18-16-25(17-19-26)21-13-9-7-5-3-2-4-6-8-12-20(21)24-27/h10-11,14-15,21,27H,2-9,12-13,16-19H2,1H3. The quantitative estimate of drug-likeness (QED) is 0.590. The van der Waals surface area contributed by atoms with Crippen LogP contribution in [0.2, 0.25) is 0 Å². The minimum absolute atomic E-state index is 0.296. The first-order valence-corrected chi connectivity index (χ1v) is 11.2. The van der Waals surface area contributed by atoms with Gasteiger partial charge >= 0.3 is 0 Å². The van der Waals surface area contributed by atoms with E-state index in [9.17, 15) is 5.21 Å². The summed E-state index contributed by atoms with van der Waals surface area (Å²) >= 11 is 0. The van der Waals surface area contributed by atoms with E-state index in [1.807, 2.05) is 12.1 Å². The Balaban J connectivity index is 1.63. The SMILES string of the molecule is COc1ccccc1N1CCN(C2CCCCCCCCCCC2=NO)CC1. The molecular formula is C23H37N3O2. The van der Waals surface area contributed by atoms with Crippen LogP contribution >= 0.6 is 0 Å². The van der Waals surface area contributed by atoms with Gasteiger partial charge in [0.2, 0.25) is 0 Å². The molecule has 156 valence electrons. The molecule has 2 aliphatic rings. The number of para-hydroxylation sites is 2. The van der Waals surface area contributed by atoms with Gasteiger partial charge in [-0.05, 0) is 31.4 Å². The van der Waals surface area contributed by atoms with Crippen LogP contribution in [0, 0.1) is 0 Å². The van der Waals surface area contributed by atoms with E-state index >= 15 is 0 Å². The minimum atomic E-state index is 0.296. The van der Waals surface area contributed by atoms with Crippen LogP contribution in [0.4, 0.5) is 5.69 Å². The fraction of sp³-hybridized carbons (Fsp3) is 0.696. The van der Waals surface area contributed by atoms with Crippen molar-refractivity contribution in [3.8, 4) is 5.75 Å². The molecule has 3 rings (SSSR count). The molecule has 2 fully saturated rings. The molecule has 1 unspecified atom stereocenters. The Morgan fingerprint density at radius 1 is 0.893 bits per heavy atom. The van der Waals surface area contributed by atoms with Gasteiger partial charge in [0.15, 0.2) is 0 Å². The fourth-order valence-corrected chi connectivity index (χ4v) is 4.71. The second kappa shape index (κ2) is 11.3. The van der Waals surface area contributed by atoms with Gasteiger partial charge in [-0.25, -0.2) is 0 Å². The first kappa shape index (κ1) is 21.0. The maximum atomic E-state index is 9.73. The van der Waals surface area contributed by atoms with E-state index in [0.717, 1.165) is 56.9 Å². The van der Waals surface area contributed by atoms with Gasteiger partial charge in [-0.3, -0.25) is 4.90 Å². The Morgan fingerprint density at radius 2 is 1.54 bits per heavy atom. The molecule has 0 spiro atoms. The summed E-state index contributed by atoms with van der Waals surface area (Å²) in [6, 6.07) is 8.57. The normalized spacial score (nSPS) is 25.1. The number of anilines is 1. The molecule has 1 N–H and O–H groups in total. The van der Waals surface area contributed by atoms with E-state index in [1.165, 1.54) is 50.6 Å². The van der Waals surface area contributed by atoms with E-state index in [2.05, 4.69) is 27.1 Å². The van der Waals surface area contributed by atoms with Crippen LogP contribution in [0.25, 0.3) is 0 Å². The number of oxime groups is 1. The molecule has 1 saturated heterocycles. The molecular weight excluding hydrogens is 350 g/mol. The van der Waals surface area contributed by atoms with Gasteiger partial charge in [-0.2, -0.15) is 0 Å². The lowest BCUT2D eigenvalue weighted by molar-refractivity contribution is 0.207. The van der Waals surface area contributed by atoms with Crippen molar-refractivity contribution >= 4 is 11.4 Å². The molecule has 5 heteroatoms. The molecule has 5 nitrogen and oxygen atoms in total. The molecule has 1 heterocycles. The number of piperazine rings is 1. The summed E-state index contributed by atoms with van der Waals surface area (Å²) in [5.74, 6) is 0.944. The summed E-state index contributed by atoms with van der Waals surface area (Å²) in [4.78, 5) is 4.97. The second-order valence-electron chi connectivity index (χ2n) is 8.17. The van der Waals surface area contributed by atoms with Crippen molar-refractivity contribution < 1.29 is 9.94 Å². The van der Waals surface area contributed by atoms with E-state index < -0.39 is 0 Å². The van der Waals surface area contributed by atoms with E-state index in [-0.39, 0.29) is 0 Å². The van der Waals surface area contributed by atoms with E-state index in [1.54, 1.807) is 7.11 Å². The average Bonchev–Trinajstić information content (AvgIpc) is 2.74. The zero-order valence-electron chi connectivity index (χ0n) is 17.5. The summed E-state index contributed by atoms with van der Waals surface area (Å²) in [6.07, 6.45) is 12.4. The monoisotopic (exact) mass is 387 g/mol. The van der Waals surface area contributed by atoms with Gasteiger partial charge in [0.25, 0.3) is 0 Å². The Hall–Kier alpha value is -1.75. The predicted octanol–water partition coefficient (Wildman–Crippen LogP) is 4.93.